The average Bonchev–Trinajstić information content (AvgIpc) is 2.89. The molecule has 0 aliphatic carbocycles. The molecule has 4 nitrogen and oxygen atoms in total. The molecule has 2 saturated heterocycles. The molecule has 20 heavy (non-hydrogen) atoms. The van der Waals surface area contributed by atoms with E-state index in [1.807, 2.05) is 11.7 Å². The van der Waals surface area contributed by atoms with Crippen LogP contribution in [0, 0.1) is 5.92 Å². The summed E-state index contributed by atoms with van der Waals surface area (Å²) in [4.78, 5) is 2.63. The van der Waals surface area contributed by atoms with Crippen LogP contribution in [0.25, 0.3) is 0 Å². The van der Waals surface area contributed by atoms with Crippen LogP contribution < -0.4 is 5.32 Å². The van der Waals surface area contributed by atoms with Crippen molar-refractivity contribution in [2.24, 2.45) is 13.0 Å². The molecule has 2 fully saturated rings. The Hall–Kier alpha value is -0.870. The minimum absolute atomic E-state index is 0.590. The molecule has 0 spiro atoms. The molecule has 1 aromatic rings. The monoisotopic (exact) mass is 276 g/mol. The van der Waals surface area contributed by atoms with Crippen LogP contribution in [0.5, 0.6) is 0 Å². The van der Waals surface area contributed by atoms with Gasteiger partial charge in [-0.2, -0.15) is 5.10 Å². The molecule has 3 heterocycles. The summed E-state index contributed by atoms with van der Waals surface area (Å²) in [6.45, 7) is 3.27. The fraction of sp³-hybridized carbons (Fsp3) is 0.812. The van der Waals surface area contributed by atoms with Crippen molar-refractivity contribution in [2.75, 3.05) is 13.6 Å². The first kappa shape index (κ1) is 14.1. The number of fused-ring (bicyclic) bond motifs is 2. The van der Waals surface area contributed by atoms with E-state index in [1.165, 1.54) is 31.4 Å². The maximum absolute atomic E-state index is 4.56. The Morgan fingerprint density at radius 3 is 2.55 bits per heavy atom. The minimum Gasteiger partial charge on any atom is -0.314 e. The van der Waals surface area contributed by atoms with Crippen LogP contribution in [0.1, 0.15) is 38.3 Å². The molecular weight excluding hydrogens is 248 g/mol. The van der Waals surface area contributed by atoms with Crippen molar-refractivity contribution in [3.63, 3.8) is 0 Å². The number of hydrogen-bond acceptors (Lipinski definition) is 3. The summed E-state index contributed by atoms with van der Waals surface area (Å²) >= 11 is 0. The zero-order valence-corrected chi connectivity index (χ0v) is 13.0. The Morgan fingerprint density at radius 1 is 1.30 bits per heavy atom. The summed E-state index contributed by atoms with van der Waals surface area (Å²) in [6.07, 6.45) is 8.65. The molecule has 0 amide bonds. The van der Waals surface area contributed by atoms with Gasteiger partial charge in [-0.3, -0.25) is 4.68 Å². The number of rotatable bonds is 5. The van der Waals surface area contributed by atoms with Gasteiger partial charge < -0.3 is 10.2 Å². The summed E-state index contributed by atoms with van der Waals surface area (Å²) in [5.41, 5.74) is 1.23. The first-order valence-corrected chi connectivity index (χ1v) is 8.11. The first-order valence-electron chi connectivity index (χ1n) is 8.11. The van der Waals surface area contributed by atoms with Gasteiger partial charge in [0.15, 0.2) is 0 Å². The zero-order chi connectivity index (χ0) is 14.1. The maximum Gasteiger partial charge on any atom is 0.0640 e. The van der Waals surface area contributed by atoms with E-state index in [1.54, 1.807) is 0 Å². The quantitative estimate of drug-likeness (QED) is 0.890. The van der Waals surface area contributed by atoms with E-state index in [4.69, 9.17) is 0 Å². The van der Waals surface area contributed by atoms with E-state index >= 15 is 0 Å². The highest BCUT2D eigenvalue weighted by Crippen LogP contribution is 2.39. The average molecular weight is 276 g/mol. The van der Waals surface area contributed by atoms with Crippen molar-refractivity contribution in [1.29, 1.82) is 0 Å². The third-order valence-corrected chi connectivity index (χ3v) is 5.37. The normalized spacial score (nSPS) is 31.6. The molecule has 1 aromatic heterocycles. The fourth-order valence-electron chi connectivity index (χ4n) is 4.25. The molecule has 4 heteroatoms. The highest BCUT2D eigenvalue weighted by Gasteiger charge is 2.40. The second-order valence-corrected chi connectivity index (χ2v) is 6.63. The van der Waals surface area contributed by atoms with Crippen LogP contribution in [-0.4, -0.2) is 46.4 Å². The summed E-state index contributed by atoms with van der Waals surface area (Å²) in [7, 11) is 4.32. The van der Waals surface area contributed by atoms with Gasteiger partial charge in [-0.15, -0.1) is 0 Å². The number of piperidine rings is 1. The Kier molecular flexibility index (Phi) is 4.13. The topological polar surface area (TPSA) is 33.1 Å². The molecule has 3 unspecified atom stereocenters. The smallest absolute Gasteiger partial charge is 0.0640 e. The lowest BCUT2D eigenvalue weighted by Gasteiger charge is -2.40. The van der Waals surface area contributed by atoms with E-state index in [2.05, 4.69) is 41.5 Å². The molecule has 2 bridgehead atoms. The third kappa shape index (κ3) is 2.77. The number of likely N-dealkylation sites (N-methyl/N-ethyl adjacent to an activating group) is 1. The van der Waals surface area contributed by atoms with Gasteiger partial charge in [0.05, 0.1) is 5.69 Å². The predicted octanol–water partition coefficient (Wildman–Crippen LogP) is 1.81. The molecule has 1 N–H and O–H groups in total. The summed E-state index contributed by atoms with van der Waals surface area (Å²) in [6, 6.07) is 4.40. The number of aryl methyl sites for hydroxylation is 1. The SMILES string of the molecule is CCNC(Cc1ccn(C)n1)C1CC2CCC(C1)N2C. The standard InChI is InChI=1S/C16H28N4/c1-4-17-16(11-13-7-8-19(2)18-13)12-9-14-5-6-15(10-12)20(14)3/h7-8,12,14-17H,4-6,9-11H2,1-3H3. The summed E-state index contributed by atoms with van der Waals surface area (Å²) < 4.78 is 1.91. The molecular formula is C16H28N4. The number of hydrogen-bond donors (Lipinski definition) is 1. The Morgan fingerprint density at radius 2 is 2.00 bits per heavy atom. The maximum atomic E-state index is 4.56. The highest BCUT2D eigenvalue weighted by atomic mass is 15.2. The fourth-order valence-corrected chi connectivity index (χ4v) is 4.25. The van der Waals surface area contributed by atoms with Crippen molar-refractivity contribution >= 4 is 0 Å². The molecule has 0 aromatic carbocycles. The van der Waals surface area contributed by atoms with Crippen LogP contribution in [0.3, 0.4) is 0 Å². The van der Waals surface area contributed by atoms with Crippen molar-refractivity contribution in [2.45, 2.75) is 57.2 Å². The molecule has 0 radical (unpaired) electrons. The third-order valence-electron chi connectivity index (χ3n) is 5.37. The van der Waals surface area contributed by atoms with Gasteiger partial charge in [-0.25, -0.2) is 0 Å². The highest BCUT2D eigenvalue weighted by molar-refractivity contribution is 5.04. The van der Waals surface area contributed by atoms with Crippen molar-refractivity contribution in [3.8, 4) is 0 Å². The van der Waals surface area contributed by atoms with Crippen LogP contribution in [0.4, 0.5) is 0 Å². The lowest BCUT2D eigenvalue weighted by Crippen LogP contribution is -2.47. The first-order chi connectivity index (χ1) is 9.67. The van der Waals surface area contributed by atoms with Gasteiger partial charge in [0.2, 0.25) is 0 Å². The molecule has 2 aliphatic rings. The van der Waals surface area contributed by atoms with Crippen LogP contribution in [0.15, 0.2) is 12.3 Å². The second-order valence-electron chi connectivity index (χ2n) is 6.63. The lowest BCUT2D eigenvalue weighted by molar-refractivity contribution is 0.112. The van der Waals surface area contributed by atoms with Gasteiger partial charge in [-0.1, -0.05) is 6.92 Å². The largest absolute Gasteiger partial charge is 0.314 e. The number of nitrogens with one attached hydrogen (secondary N) is 1. The minimum atomic E-state index is 0.590. The summed E-state index contributed by atoms with van der Waals surface area (Å²) in [5, 5.41) is 8.29. The van der Waals surface area contributed by atoms with Crippen LogP contribution in [-0.2, 0) is 13.5 Å². The van der Waals surface area contributed by atoms with Gasteiger partial charge in [-0.05, 0) is 51.3 Å². The van der Waals surface area contributed by atoms with E-state index < -0.39 is 0 Å². The van der Waals surface area contributed by atoms with Crippen LogP contribution >= 0.6 is 0 Å². The Bertz CT molecular complexity index is 427. The van der Waals surface area contributed by atoms with Crippen molar-refractivity contribution < 1.29 is 0 Å². The van der Waals surface area contributed by atoms with E-state index in [-0.39, 0.29) is 0 Å². The zero-order valence-electron chi connectivity index (χ0n) is 13.0. The predicted molar refractivity (Wildman–Crippen MR) is 81.7 cm³/mol. The van der Waals surface area contributed by atoms with Gasteiger partial charge in [0, 0.05) is 37.8 Å². The van der Waals surface area contributed by atoms with Crippen LogP contribution in [0.2, 0.25) is 0 Å². The van der Waals surface area contributed by atoms with Gasteiger partial charge >= 0.3 is 0 Å². The van der Waals surface area contributed by atoms with E-state index in [0.29, 0.717) is 6.04 Å². The molecule has 3 atom stereocenters. The van der Waals surface area contributed by atoms with Crippen molar-refractivity contribution in [1.82, 2.24) is 20.0 Å². The lowest BCUT2D eigenvalue weighted by atomic mass is 9.83. The second kappa shape index (κ2) is 5.86. The van der Waals surface area contributed by atoms with Crippen molar-refractivity contribution in [3.05, 3.63) is 18.0 Å². The Balaban J connectivity index is 1.67. The molecule has 2 aliphatic heterocycles. The molecule has 0 saturated carbocycles. The number of nitrogens with zero attached hydrogens (tertiary/aromatic N) is 3. The van der Waals surface area contributed by atoms with E-state index in [0.717, 1.165) is 31.0 Å². The molecule has 112 valence electrons. The van der Waals surface area contributed by atoms with E-state index in [9.17, 15) is 0 Å². The number of aromatic nitrogens is 2. The Labute approximate surface area is 122 Å². The summed E-state index contributed by atoms with van der Waals surface area (Å²) in [5.74, 6) is 0.811. The van der Waals surface area contributed by atoms with Gasteiger partial charge in [0.25, 0.3) is 0 Å². The van der Waals surface area contributed by atoms with Gasteiger partial charge in [0.1, 0.15) is 0 Å². The molecule has 3 rings (SSSR count).